The van der Waals surface area contributed by atoms with Crippen molar-refractivity contribution in [2.45, 2.75) is 76.5 Å². The van der Waals surface area contributed by atoms with E-state index in [0.29, 0.717) is 37.9 Å². The number of carboxylic acids is 2. The van der Waals surface area contributed by atoms with E-state index in [1.807, 2.05) is 0 Å². The summed E-state index contributed by atoms with van der Waals surface area (Å²) in [5.74, 6) is -5.53. The summed E-state index contributed by atoms with van der Waals surface area (Å²) in [6, 6.07) is -4.98. The first-order valence-corrected chi connectivity index (χ1v) is 11.8. The molecular weight excluding hydrogens is 474 g/mol. The van der Waals surface area contributed by atoms with Crippen molar-refractivity contribution >= 4 is 29.7 Å². The first-order chi connectivity index (χ1) is 17.0. The number of nitrogens with zero attached hydrogens (tertiary/aromatic N) is 1. The molecule has 0 aliphatic heterocycles. The highest BCUT2D eigenvalue weighted by atomic mass is 16.4. The highest BCUT2D eigenvalue weighted by molar-refractivity contribution is 5.95. The number of carboxylic acid groups (broad SMARTS) is 2. The number of nitrogens with one attached hydrogen (secondary N) is 4. The van der Waals surface area contributed by atoms with Gasteiger partial charge in [-0.15, -0.1) is 0 Å². The van der Waals surface area contributed by atoms with Gasteiger partial charge in [-0.3, -0.25) is 19.2 Å². The minimum Gasteiger partial charge on any atom is -0.481 e. The van der Waals surface area contributed by atoms with Gasteiger partial charge < -0.3 is 42.6 Å². The van der Waals surface area contributed by atoms with Gasteiger partial charge in [-0.05, 0) is 25.3 Å². The van der Waals surface area contributed by atoms with Gasteiger partial charge in [0.05, 0.1) is 18.8 Å². The summed E-state index contributed by atoms with van der Waals surface area (Å²) in [5.41, 5.74) is 11.9. The average molecular weight is 512 g/mol. The minimum absolute atomic E-state index is 0.0425. The Morgan fingerprint density at radius 3 is 2.19 bits per heavy atom. The number of unbranched alkanes of at least 4 members (excludes halogenated alkanes) is 1. The van der Waals surface area contributed by atoms with Crippen LogP contribution in [0.2, 0.25) is 0 Å². The number of hydrogen-bond acceptors (Lipinski definition) is 8. The van der Waals surface area contributed by atoms with Crippen molar-refractivity contribution in [2.75, 3.05) is 6.54 Å². The van der Waals surface area contributed by atoms with Crippen LogP contribution in [0.4, 0.5) is 0 Å². The molecule has 0 bridgehead atoms. The zero-order chi connectivity index (χ0) is 27.3. The zero-order valence-corrected chi connectivity index (χ0v) is 20.5. The average Bonchev–Trinajstić information content (AvgIpc) is 3.33. The van der Waals surface area contributed by atoms with Crippen LogP contribution in [-0.2, 0) is 30.4 Å². The Kier molecular flexibility index (Phi) is 13.1. The van der Waals surface area contributed by atoms with Gasteiger partial charge in [-0.1, -0.05) is 26.7 Å². The molecule has 1 rings (SSSR count). The molecule has 5 unspecified atom stereocenters. The molecule has 0 spiro atoms. The molecule has 14 heteroatoms. The van der Waals surface area contributed by atoms with E-state index < -0.39 is 66.2 Å². The fourth-order valence-corrected chi connectivity index (χ4v) is 3.34. The maximum absolute atomic E-state index is 13.1. The van der Waals surface area contributed by atoms with Crippen LogP contribution in [0.1, 0.15) is 51.6 Å². The first-order valence-electron chi connectivity index (χ1n) is 11.8. The number of imidazole rings is 1. The van der Waals surface area contributed by atoms with Crippen molar-refractivity contribution < 1.29 is 34.2 Å². The third-order valence-electron chi connectivity index (χ3n) is 5.71. The standard InChI is InChI=1S/C22H37N7O7/c1-3-12(2)18(22(35)36)29-21(34)16(9-17(30)31)28-20(33)15(8-13-10-25-11-26-13)27-19(32)14(24)6-4-5-7-23/h10-12,14-16,18H,3-9,23-24H2,1-2H3,(H,25,26)(H,27,32)(H,28,33)(H,29,34)(H,30,31)(H,35,36). The lowest BCUT2D eigenvalue weighted by Gasteiger charge is -2.26. The summed E-state index contributed by atoms with van der Waals surface area (Å²) < 4.78 is 0. The van der Waals surface area contributed by atoms with Crippen LogP contribution < -0.4 is 27.4 Å². The van der Waals surface area contributed by atoms with Gasteiger partial charge in [0, 0.05) is 18.3 Å². The van der Waals surface area contributed by atoms with Crippen LogP contribution in [0.25, 0.3) is 0 Å². The molecule has 0 saturated heterocycles. The van der Waals surface area contributed by atoms with Crippen molar-refractivity contribution in [2.24, 2.45) is 17.4 Å². The normalized spacial score (nSPS) is 15.1. The molecule has 0 radical (unpaired) electrons. The predicted molar refractivity (Wildman–Crippen MR) is 128 cm³/mol. The Labute approximate surface area is 209 Å². The first kappa shape index (κ1) is 30.5. The van der Waals surface area contributed by atoms with E-state index >= 15 is 0 Å². The van der Waals surface area contributed by atoms with E-state index in [0.717, 1.165) is 0 Å². The number of amides is 3. The molecule has 0 aliphatic rings. The SMILES string of the molecule is CCC(C)C(NC(=O)C(CC(=O)O)NC(=O)C(Cc1cnc[nH]1)NC(=O)C(N)CCCCN)C(=O)O. The quantitative estimate of drug-likeness (QED) is 0.112. The minimum atomic E-state index is -1.58. The van der Waals surface area contributed by atoms with E-state index in [4.69, 9.17) is 11.5 Å². The van der Waals surface area contributed by atoms with Crippen molar-refractivity contribution in [3.8, 4) is 0 Å². The van der Waals surface area contributed by atoms with Gasteiger partial charge in [0.1, 0.15) is 18.1 Å². The topological polar surface area (TPSA) is 243 Å². The van der Waals surface area contributed by atoms with Gasteiger partial charge >= 0.3 is 11.9 Å². The van der Waals surface area contributed by atoms with Crippen LogP contribution in [0, 0.1) is 5.92 Å². The van der Waals surface area contributed by atoms with E-state index in [9.17, 15) is 34.2 Å². The molecule has 202 valence electrons. The molecule has 36 heavy (non-hydrogen) atoms. The zero-order valence-electron chi connectivity index (χ0n) is 20.5. The molecule has 0 fully saturated rings. The molecule has 5 atom stereocenters. The number of aromatic nitrogens is 2. The third kappa shape index (κ3) is 10.4. The van der Waals surface area contributed by atoms with Gasteiger partial charge in [0.15, 0.2) is 0 Å². The number of H-pyrrole nitrogens is 1. The largest absolute Gasteiger partial charge is 0.481 e. The monoisotopic (exact) mass is 511 g/mol. The third-order valence-corrected chi connectivity index (χ3v) is 5.71. The lowest BCUT2D eigenvalue weighted by molar-refractivity contribution is -0.144. The maximum Gasteiger partial charge on any atom is 0.326 e. The van der Waals surface area contributed by atoms with Crippen molar-refractivity contribution in [3.05, 3.63) is 18.2 Å². The number of rotatable bonds is 17. The summed E-state index contributed by atoms with van der Waals surface area (Å²) in [5, 5.41) is 25.9. The van der Waals surface area contributed by atoms with E-state index in [2.05, 4.69) is 25.9 Å². The summed E-state index contributed by atoms with van der Waals surface area (Å²) in [6.45, 7) is 3.81. The van der Waals surface area contributed by atoms with Crippen molar-refractivity contribution in [1.82, 2.24) is 25.9 Å². The second kappa shape index (κ2) is 15.5. The van der Waals surface area contributed by atoms with E-state index in [1.54, 1.807) is 13.8 Å². The van der Waals surface area contributed by atoms with Crippen LogP contribution >= 0.6 is 0 Å². The molecule has 3 amide bonds. The molecule has 1 aromatic rings. The number of aliphatic carboxylic acids is 2. The van der Waals surface area contributed by atoms with Crippen LogP contribution in [0.5, 0.6) is 0 Å². The molecular formula is C22H37N7O7. The van der Waals surface area contributed by atoms with E-state index in [1.165, 1.54) is 12.5 Å². The Morgan fingerprint density at radius 1 is 1.03 bits per heavy atom. The molecule has 1 heterocycles. The molecule has 14 nitrogen and oxygen atoms in total. The molecule has 0 saturated carbocycles. The van der Waals surface area contributed by atoms with Gasteiger partial charge in [-0.2, -0.15) is 0 Å². The Hall–Kier alpha value is -3.52. The number of carbonyl (C=O) groups excluding carboxylic acids is 3. The molecule has 0 aliphatic carbocycles. The predicted octanol–water partition coefficient (Wildman–Crippen LogP) is -1.53. The number of nitrogens with two attached hydrogens (primary N) is 2. The fraction of sp³-hybridized carbons (Fsp3) is 0.636. The number of aromatic amines is 1. The molecule has 1 aromatic heterocycles. The van der Waals surface area contributed by atoms with E-state index in [-0.39, 0.29) is 6.42 Å². The maximum atomic E-state index is 13.1. The van der Waals surface area contributed by atoms with Crippen molar-refractivity contribution in [1.29, 1.82) is 0 Å². The smallest absolute Gasteiger partial charge is 0.326 e. The highest BCUT2D eigenvalue weighted by Gasteiger charge is 2.33. The van der Waals surface area contributed by atoms with Gasteiger partial charge in [0.25, 0.3) is 0 Å². The van der Waals surface area contributed by atoms with Gasteiger partial charge in [0.2, 0.25) is 17.7 Å². The van der Waals surface area contributed by atoms with Crippen LogP contribution in [0.15, 0.2) is 12.5 Å². The van der Waals surface area contributed by atoms with Crippen LogP contribution in [0.3, 0.4) is 0 Å². The Balaban J connectivity index is 3.04. The summed E-state index contributed by atoms with van der Waals surface area (Å²) in [4.78, 5) is 68.1. The van der Waals surface area contributed by atoms with Crippen molar-refractivity contribution in [3.63, 3.8) is 0 Å². The number of carbonyl (C=O) groups is 5. The Bertz CT molecular complexity index is 878. The second-order valence-electron chi connectivity index (χ2n) is 8.60. The summed E-state index contributed by atoms with van der Waals surface area (Å²) >= 11 is 0. The fourth-order valence-electron chi connectivity index (χ4n) is 3.34. The lowest BCUT2D eigenvalue weighted by atomic mass is 9.98. The Morgan fingerprint density at radius 2 is 1.67 bits per heavy atom. The lowest BCUT2D eigenvalue weighted by Crippen LogP contribution is -2.58. The van der Waals surface area contributed by atoms with Crippen LogP contribution in [-0.4, -0.2) is 80.6 Å². The molecule has 10 N–H and O–H groups in total. The highest BCUT2D eigenvalue weighted by Crippen LogP contribution is 2.09. The summed E-state index contributed by atoms with van der Waals surface area (Å²) in [7, 11) is 0. The summed E-state index contributed by atoms with van der Waals surface area (Å²) in [6.07, 6.45) is 4.07. The van der Waals surface area contributed by atoms with Gasteiger partial charge in [-0.25, -0.2) is 9.78 Å². The second-order valence-corrected chi connectivity index (χ2v) is 8.60. The number of hydrogen-bond donors (Lipinski definition) is 8. The molecule has 0 aromatic carbocycles.